The average Bonchev–Trinajstić information content (AvgIpc) is 3.23. The molecule has 1 atom stereocenters. The number of benzene rings is 1. The fourth-order valence-electron chi connectivity index (χ4n) is 2.53. The zero-order valence-electron chi connectivity index (χ0n) is 12.1. The smallest absolute Gasteiger partial charge is 0.310 e. The zero-order chi connectivity index (χ0) is 14.5. The molecule has 20 heavy (non-hydrogen) atoms. The van der Waals surface area contributed by atoms with Crippen LogP contribution in [0.3, 0.4) is 0 Å². The van der Waals surface area contributed by atoms with Crippen molar-refractivity contribution in [3.05, 3.63) is 33.9 Å². The van der Waals surface area contributed by atoms with Gasteiger partial charge >= 0.3 is 5.69 Å². The fourth-order valence-corrected chi connectivity index (χ4v) is 2.53. The van der Waals surface area contributed by atoms with Crippen LogP contribution >= 0.6 is 0 Å². The van der Waals surface area contributed by atoms with Crippen LogP contribution in [0.1, 0.15) is 32.3 Å². The Labute approximate surface area is 119 Å². The molecule has 1 aliphatic rings. The Morgan fingerprint density at radius 1 is 1.45 bits per heavy atom. The summed E-state index contributed by atoms with van der Waals surface area (Å²) < 4.78 is 5.39. The molecule has 1 unspecified atom stereocenters. The van der Waals surface area contributed by atoms with E-state index in [2.05, 4.69) is 12.2 Å². The molecule has 1 aromatic rings. The first-order valence-electron chi connectivity index (χ1n) is 7.29. The van der Waals surface area contributed by atoms with Gasteiger partial charge in [-0.25, -0.2) is 0 Å². The zero-order valence-corrected chi connectivity index (χ0v) is 12.1. The van der Waals surface area contributed by atoms with Crippen molar-refractivity contribution < 1.29 is 9.66 Å². The highest BCUT2D eigenvalue weighted by Gasteiger charge is 2.30. The highest BCUT2D eigenvalue weighted by Crippen LogP contribution is 2.35. The SMILES string of the molecule is CCNC(Cc1ccc([N+](=O)[O-])c(OCC)c1)C1CC1. The number of nitrogens with zero attached hydrogens (tertiary/aromatic N) is 1. The number of nitro benzene ring substituents is 1. The molecule has 0 aliphatic heterocycles. The summed E-state index contributed by atoms with van der Waals surface area (Å²) in [7, 11) is 0. The minimum atomic E-state index is -0.391. The normalized spacial score (nSPS) is 15.9. The maximum absolute atomic E-state index is 11.0. The van der Waals surface area contributed by atoms with Crippen LogP contribution in [0.2, 0.25) is 0 Å². The molecule has 1 aliphatic carbocycles. The lowest BCUT2D eigenvalue weighted by Crippen LogP contribution is -2.32. The molecule has 1 saturated carbocycles. The van der Waals surface area contributed by atoms with Crippen molar-refractivity contribution in [1.29, 1.82) is 0 Å². The van der Waals surface area contributed by atoms with E-state index in [-0.39, 0.29) is 5.69 Å². The second-order valence-corrected chi connectivity index (χ2v) is 5.20. The Morgan fingerprint density at radius 3 is 2.75 bits per heavy atom. The highest BCUT2D eigenvalue weighted by molar-refractivity contribution is 5.48. The number of rotatable bonds is 8. The second kappa shape index (κ2) is 6.70. The second-order valence-electron chi connectivity index (χ2n) is 5.20. The largest absolute Gasteiger partial charge is 0.487 e. The summed E-state index contributed by atoms with van der Waals surface area (Å²) in [5.74, 6) is 1.13. The Balaban J connectivity index is 2.14. The molecular formula is C15H22N2O3. The summed E-state index contributed by atoms with van der Waals surface area (Å²) in [6.07, 6.45) is 3.46. The van der Waals surface area contributed by atoms with Crippen LogP contribution in [-0.2, 0) is 6.42 Å². The van der Waals surface area contributed by atoms with Crippen molar-refractivity contribution in [1.82, 2.24) is 5.32 Å². The number of ether oxygens (including phenoxy) is 1. The Kier molecular flexibility index (Phi) is 4.95. The van der Waals surface area contributed by atoms with Crippen molar-refractivity contribution in [3.8, 4) is 5.75 Å². The number of nitro groups is 1. The molecular weight excluding hydrogens is 256 g/mol. The molecule has 0 aromatic heterocycles. The van der Waals surface area contributed by atoms with Crippen molar-refractivity contribution in [2.45, 2.75) is 39.2 Å². The average molecular weight is 278 g/mol. The Bertz CT molecular complexity index is 472. The van der Waals surface area contributed by atoms with Crippen LogP contribution in [0.4, 0.5) is 5.69 Å². The van der Waals surface area contributed by atoms with E-state index in [1.54, 1.807) is 6.07 Å². The van der Waals surface area contributed by atoms with E-state index in [4.69, 9.17) is 4.74 Å². The van der Waals surface area contributed by atoms with Crippen molar-refractivity contribution in [3.63, 3.8) is 0 Å². The number of nitrogens with one attached hydrogen (secondary N) is 1. The molecule has 0 saturated heterocycles. The lowest BCUT2D eigenvalue weighted by Gasteiger charge is -2.17. The first kappa shape index (κ1) is 14.8. The molecule has 0 bridgehead atoms. The van der Waals surface area contributed by atoms with E-state index in [1.165, 1.54) is 12.8 Å². The van der Waals surface area contributed by atoms with Gasteiger partial charge < -0.3 is 10.1 Å². The number of hydrogen-bond acceptors (Lipinski definition) is 4. The first-order valence-corrected chi connectivity index (χ1v) is 7.29. The maximum Gasteiger partial charge on any atom is 0.310 e. The van der Waals surface area contributed by atoms with Crippen molar-refractivity contribution in [2.24, 2.45) is 5.92 Å². The predicted octanol–water partition coefficient (Wildman–Crippen LogP) is 2.92. The quantitative estimate of drug-likeness (QED) is 0.586. The van der Waals surface area contributed by atoms with Crippen LogP contribution in [0.15, 0.2) is 18.2 Å². The molecule has 2 rings (SSSR count). The summed E-state index contributed by atoms with van der Waals surface area (Å²) in [6.45, 7) is 5.33. The number of hydrogen-bond donors (Lipinski definition) is 1. The van der Waals surface area contributed by atoms with Gasteiger partial charge in [0.05, 0.1) is 11.5 Å². The Morgan fingerprint density at radius 2 is 2.20 bits per heavy atom. The molecule has 5 nitrogen and oxygen atoms in total. The summed E-state index contributed by atoms with van der Waals surface area (Å²) in [5, 5.41) is 14.5. The van der Waals surface area contributed by atoms with Gasteiger partial charge in [0.25, 0.3) is 0 Å². The Hall–Kier alpha value is -1.62. The van der Waals surface area contributed by atoms with Gasteiger partial charge in [-0.15, -0.1) is 0 Å². The van der Waals surface area contributed by atoms with Crippen LogP contribution in [0, 0.1) is 16.0 Å². The van der Waals surface area contributed by atoms with Crippen LogP contribution in [-0.4, -0.2) is 24.1 Å². The van der Waals surface area contributed by atoms with Crippen LogP contribution < -0.4 is 10.1 Å². The maximum atomic E-state index is 11.0. The third-order valence-corrected chi connectivity index (χ3v) is 3.63. The standard InChI is InChI=1S/C15H22N2O3/c1-3-16-13(12-6-7-12)9-11-5-8-14(17(18)19)15(10-11)20-4-2/h5,8,10,12-13,16H,3-4,6-7,9H2,1-2H3. The molecule has 0 amide bonds. The predicted molar refractivity (Wildman–Crippen MR) is 78.2 cm³/mol. The molecule has 110 valence electrons. The van der Waals surface area contributed by atoms with Gasteiger partial charge in [0.1, 0.15) is 0 Å². The number of likely N-dealkylation sites (N-methyl/N-ethyl adjacent to an activating group) is 1. The van der Waals surface area contributed by atoms with E-state index >= 15 is 0 Å². The van der Waals surface area contributed by atoms with Gasteiger partial charge in [-0.1, -0.05) is 13.0 Å². The van der Waals surface area contributed by atoms with Crippen molar-refractivity contribution in [2.75, 3.05) is 13.2 Å². The van der Waals surface area contributed by atoms with Gasteiger partial charge in [0, 0.05) is 12.1 Å². The van der Waals surface area contributed by atoms with Crippen molar-refractivity contribution >= 4 is 5.69 Å². The first-order chi connectivity index (χ1) is 9.65. The minimum absolute atomic E-state index is 0.0435. The van der Waals surface area contributed by atoms with E-state index in [1.807, 2.05) is 19.1 Å². The summed E-state index contributed by atoms with van der Waals surface area (Å²) in [4.78, 5) is 10.6. The van der Waals surface area contributed by atoms with E-state index in [9.17, 15) is 10.1 Å². The lowest BCUT2D eigenvalue weighted by molar-refractivity contribution is -0.385. The van der Waals surface area contributed by atoms with Gasteiger partial charge in [-0.2, -0.15) is 0 Å². The summed E-state index contributed by atoms with van der Waals surface area (Å²) in [5.41, 5.74) is 1.14. The van der Waals surface area contributed by atoms with Crippen LogP contribution in [0.25, 0.3) is 0 Å². The van der Waals surface area contributed by atoms with E-state index in [0.717, 1.165) is 24.4 Å². The molecule has 1 aromatic carbocycles. The topological polar surface area (TPSA) is 64.4 Å². The molecule has 1 N–H and O–H groups in total. The lowest BCUT2D eigenvalue weighted by atomic mass is 10.0. The summed E-state index contributed by atoms with van der Waals surface area (Å²) in [6, 6.07) is 5.67. The fraction of sp³-hybridized carbons (Fsp3) is 0.600. The van der Waals surface area contributed by atoms with Gasteiger partial charge in [0.2, 0.25) is 0 Å². The van der Waals surface area contributed by atoms with Crippen LogP contribution in [0.5, 0.6) is 5.75 Å². The monoisotopic (exact) mass is 278 g/mol. The molecule has 0 heterocycles. The molecule has 5 heteroatoms. The van der Waals surface area contributed by atoms with Gasteiger partial charge in [-0.3, -0.25) is 10.1 Å². The highest BCUT2D eigenvalue weighted by atomic mass is 16.6. The third kappa shape index (κ3) is 3.70. The van der Waals surface area contributed by atoms with E-state index in [0.29, 0.717) is 18.4 Å². The third-order valence-electron chi connectivity index (χ3n) is 3.63. The molecule has 0 radical (unpaired) electrons. The van der Waals surface area contributed by atoms with Gasteiger partial charge in [-0.05, 0) is 50.3 Å². The van der Waals surface area contributed by atoms with Gasteiger partial charge in [0.15, 0.2) is 5.75 Å². The minimum Gasteiger partial charge on any atom is -0.487 e. The summed E-state index contributed by atoms with van der Waals surface area (Å²) >= 11 is 0. The molecule has 0 spiro atoms. The van der Waals surface area contributed by atoms with E-state index < -0.39 is 4.92 Å². The molecule has 1 fully saturated rings.